The van der Waals surface area contributed by atoms with Gasteiger partial charge in [0, 0.05) is 31.4 Å². The Morgan fingerprint density at radius 1 is 1.11 bits per heavy atom. The van der Waals surface area contributed by atoms with E-state index < -0.39 is 17.6 Å². The van der Waals surface area contributed by atoms with E-state index in [1.807, 2.05) is 6.07 Å². The fourth-order valence-electron chi connectivity index (χ4n) is 4.26. The molecular formula is C24H22FN7O4. The third kappa shape index (κ3) is 4.33. The Morgan fingerprint density at radius 2 is 1.92 bits per heavy atom. The van der Waals surface area contributed by atoms with Crippen LogP contribution in [0.25, 0.3) is 10.8 Å². The van der Waals surface area contributed by atoms with Gasteiger partial charge in [-0.05, 0) is 23.8 Å². The molecule has 0 unspecified atom stereocenters. The summed E-state index contributed by atoms with van der Waals surface area (Å²) in [5.41, 5.74) is 0.882. The second kappa shape index (κ2) is 9.66. The molecule has 2 aromatic heterocycles. The molecule has 0 saturated carbocycles. The maximum Gasteiger partial charge on any atom is 0.289 e. The van der Waals surface area contributed by atoms with Crippen molar-refractivity contribution in [3.8, 4) is 0 Å². The molecule has 1 aliphatic rings. The van der Waals surface area contributed by atoms with Crippen molar-refractivity contribution < 1.29 is 19.1 Å². The molecule has 0 fully saturated rings. The van der Waals surface area contributed by atoms with E-state index in [-0.39, 0.29) is 49.7 Å². The molecule has 5 rings (SSSR count). The summed E-state index contributed by atoms with van der Waals surface area (Å²) in [4.78, 5) is 38.9. The van der Waals surface area contributed by atoms with Crippen LogP contribution >= 0.6 is 0 Å². The smallest absolute Gasteiger partial charge is 0.289 e. The third-order valence-electron chi connectivity index (χ3n) is 6.05. The Kier molecular flexibility index (Phi) is 6.25. The number of aliphatic hydroxyl groups is 1. The monoisotopic (exact) mass is 491 g/mol. The average molecular weight is 491 g/mol. The number of nitrogens with zero attached hydrogens (tertiary/aromatic N) is 5. The number of aromatic amines is 1. The summed E-state index contributed by atoms with van der Waals surface area (Å²) in [6, 6.07) is 11.4. The van der Waals surface area contributed by atoms with E-state index >= 15 is 0 Å². The number of fused-ring (bicyclic) bond motifs is 2. The number of hydrogen-bond acceptors (Lipinski definition) is 7. The van der Waals surface area contributed by atoms with Gasteiger partial charge in [-0.2, -0.15) is 5.10 Å². The summed E-state index contributed by atoms with van der Waals surface area (Å²) < 4.78 is 16.3. The van der Waals surface area contributed by atoms with Gasteiger partial charge in [-0.25, -0.2) is 9.49 Å². The van der Waals surface area contributed by atoms with Crippen molar-refractivity contribution in [1.29, 1.82) is 0 Å². The molecular weight excluding hydrogens is 469 g/mol. The minimum Gasteiger partial charge on any atom is -0.395 e. The maximum absolute atomic E-state index is 14.7. The molecule has 4 aromatic rings. The van der Waals surface area contributed by atoms with E-state index in [2.05, 4.69) is 25.7 Å². The Morgan fingerprint density at radius 3 is 2.72 bits per heavy atom. The Bertz CT molecular complexity index is 1530. The number of carbonyl (C=O) groups is 2. The van der Waals surface area contributed by atoms with Gasteiger partial charge in [0.2, 0.25) is 5.82 Å². The van der Waals surface area contributed by atoms with E-state index in [9.17, 15) is 18.8 Å². The number of aromatic nitrogens is 5. The van der Waals surface area contributed by atoms with E-state index in [0.29, 0.717) is 34.3 Å². The van der Waals surface area contributed by atoms with Crippen LogP contribution < -0.4 is 10.9 Å². The predicted molar refractivity (Wildman–Crippen MR) is 126 cm³/mol. The molecule has 0 saturated heterocycles. The number of H-pyrrole nitrogens is 1. The minimum atomic E-state index is -0.654. The number of amides is 2. The SMILES string of the molecule is O=C(NCCO)c1nnc2n1CCN(C(=O)c1cc(Cc3n[nH]c(=O)c4ccccc34)ccc1F)C2. The highest BCUT2D eigenvalue weighted by Gasteiger charge is 2.28. The lowest BCUT2D eigenvalue weighted by Gasteiger charge is -2.28. The maximum atomic E-state index is 14.7. The number of halogens is 1. The van der Waals surface area contributed by atoms with Crippen LogP contribution in [0.4, 0.5) is 4.39 Å². The quantitative estimate of drug-likeness (QED) is 0.358. The van der Waals surface area contributed by atoms with Gasteiger partial charge < -0.3 is 19.9 Å². The molecule has 0 atom stereocenters. The van der Waals surface area contributed by atoms with Crippen LogP contribution in [0.2, 0.25) is 0 Å². The summed E-state index contributed by atoms with van der Waals surface area (Å²) in [7, 11) is 0. The van der Waals surface area contributed by atoms with Gasteiger partial charge in [-0.1, -0.05) is 24.3 Å². The van der Waals surface area contributed by atoms with Crippen molar-refractivity contribution in [2.24, 2.45) is 0 Å². The Balaban J connectivity index is 1.37. The second-order valence-electron chi connectivity index (χ2n) is 8.33. The fourth-order valence-corrected chi connectivity index (χ4v) is 4.26. The van der Waals surface area contributed by atoms with Crippen molar-refractivity contribution in [3.05, 3.63) is 87.1 Å². The topological polar surface area (TPSA) is 146 Å². The molecule has 3 N–H and O–H groups in total. The van der Waals surface area contributed by atoms with Crippen LogP contribution in [0.15, 0.2) is 47.3 Å². The first-order chi connectivity index (χ1) is 17.5. The highest BCUT2D eigenvalue weighted by atomic mass is 19.1. The molecule has 184 valence electrons. The van der Waals surface area contributed by atoms with Gasteiger partial charge in [-0.3, -0.25) is 14.4 Å². The summed E-state index contributed by atoms with van der Waals surface area (Å²) in [5.74, 6) is -1.12. The van der Waals surface area contributed by atoms with E-state index in [4.69, 9.17) is 5.11 Å². The zero-order valence-electron chi connectivity index (χ0n) is 19.1. The summed E-state index contributed by atoms with van der Waals surface area (Å²) in [6.45, 7) is 0.457. The van der Waals surface area contributed by atoms with E-state index in [1.54, 1.807) is 28.8 Å². The fraction of sp³-hybridized carbons (Fsp3) is 0.250. The number of hydrogen-bond donors (Lipinski definition) is 3. The van der Waals surface area contributed by atoms with Crippen molar-refractivity contribution >= 4 is 22.6 Å². The van der Waals surface area contributed by atoms with Crippen molar-refractivity contribution in [2.45, 2.75) is 19.5 Å². The molecule has 1 aliphatic heterocycles. The molecule has 3 heterocycles. The average Bonchev–Trinajstić information content (AvgIpc) is 3.33. The lowest BCUT2D eigenvalue weighted by atomic mass is 10.0. The van der Waals surface area contributed by atoms with Crippen LogP contribution in [0.1, 0.15) is 38.1 Å². The van der Waals surface area contributed by atoms with Crippen LogP contribution in [0, 0.1) is 5.82 Å². The zero-order valence-corrected chi connectivity index (χ0v) is 19.1. The standard InChI is InChI=1S/C24H22FN7O4/c25-18-6-5-14(12-19-15-3-1-2-4-16(15)22(34)30-27-19)11-17(18)24(36)31-8-9-32-20(13-31)28-29-21(32)23(35)26-7-10-33/h1-6,11,33H,7-10,12-13H2,(H,26,35)(H,30,34). The van der Waals surface area contributed by atoms with Gasteiger partial charge in [0.05, 0.1) is 29.8 Å². The van der Waals surface area contributed by atoms with Gasteiger partial charge in [0.25, 0.3) is 17.4 Å². The highest BCUT2D eigenvalue weighted by Crippen LogP contribution is 2.21. The lowest BCUT2D eigenvalue weighted by Crippen LogP contribution is -2.40. The molecule has 2 amide bonds. The van der Waals surface area contributed by atoms with E-state index in [1.165, 1.54) is 17.0 Å². The number of aliphatic hydroxyl groups excluding tert-OH is 1. The number of nitrogens with one attached hydrogen (secondary N) is 2. The molecule has 2 aromatic carbocycles. The molecule has 0 radical (unpaired) electrons. The van der Waals surface area contributed by atoms with E-state index in [0.717, 1.165) is 0 Å². The number of benzene rings is 2. The van der Waals surface area contributed by atoms with Crippen molar-refractivity contribution in [1.82, 2.24) is 35.2 Å². The number of rotatable bonds is 6. The minimum absolute atomic E-state index is 0.0644. The molecule has 0 aliphatic carbocycles. The molecule has 0 spiro atoms. The van der Waals surface area contributed by atoms with Gasteiger partial charge in [0.1, 0.15) is 5.82 Å². The van der Waals surface area contributed by atoms with Crippen LogP contribution in [0.3, 0.4) is 0 Å². The normalized spacial score (nSPS) is 13.0. The molecule has 12 heteroatoms. The molecule has 0 bridgehead atoms. The summed E-state index contributed by atoms with van der Waals surface area (Å²) in [5, 5.41) is 27.2. The van der Waals surface area contributed by atoms with Crippen molar-refractivity contribution in [3.63, 3.8) is 0 Å². The first-order valence-corrected chi connectivity index (χ1v) is 11.3. The van der Waals surface area contributed by atoms with Crippen LogP contribution in [-0.4, -0.2) is 66.5 Å². The lowest BCUT2D eigenvalue weighted by molar-refractivity contribution is 0.0701. The number of carbonyl (C=O) groups excluding carboxylic acids is 2. The van der Waals surface area contributed by atoms with Gasteiger partial charge in [-0.15, -0.1) is 10.2 Å². The molecule has 36 heavy (non-hydrogen) atoms. The van der Waals surface area contributed by atoms with Gasteiger partial charge >= 0.3 is 0 Å². The second-order valence-corrected chi connectivity index (χ2v) is 8.33. The first-order valence-electron chi connectivity index (χ1n) is 11.3. The molecule has 11 nitrogen and oxygen atoms in total. The third-order valence-corrected chi connectivity index (χ3v) is 6.05. The van der Waals surface area contributed by atoms with Gasteiger partial charge in [0.15, 0.2) is 5.82 Å². The van der Waals surface area contributed by atoms with Crippen LogP contribution in [-0.2, 0) is 19.5 Å². The Hall–Kier alpha value is -4.45. The Labute approximate surface area is 203 Å². The van der Waals surface area contributed by atoms with Crippen molar-refractivity contribution in [2.75, 3.05) is 19.7 Å². The zero-order chi connectivity index (χ0) is 25.2. The highest BCUT2D eigenvalue weighted by molar-refractivity contribution is 5.95. The largest absolute Gasteiger partial charge is 0.395 e. The summed E-state index contributed by atoms with van der Waals surface area (Å²) in [6.07, 6.45) is 0.290. The first kappa shape index (κ1) is 23.3. The van der Waals surface area contributed by atoms with Crippen LogP contribution in [0.5, 0.6) is 0 Å². The summed E-state index contributed by atoms with van der Waals surface area (Å²) >= 11 is 0. The predicted octanol–water partition coefficient (Wildman–Crippen LogP) is 0.623.